The van der Waals surface area contributed by atoms with E-state index in [4.69, 9.17) is 18.9 Å². The molecule has 3 rings (SSSR count). The van der Waals surface area contributed by atoms with E-state index in [-0.39, 0.29) is 17.4 Å². The molecule has 0 bridgehead atoms. The molecule has 0 saturated carbocycles. The van der Waals surface area contributed by atoms with Gasteiger partial charge in [0, 0.05) is 17.4 Å². The van der Waals surface area contributed by atoms with Crippen LogP contribution in [0.4, 0.5) is 11.4 Å². The average molecular weight is 473 g/mol. The van der Waals surface area contributed by atoms with Crippen LogP contribution in [0.2, 0.25) is 0 Å². The third-order valence-corrected chi connectivity index (χ3v) is 5.91. The van der Waals surface area contributed by atoms with E-state index in [1.807, 2.05) is 0 Å². The van der Waals surface area contributed by atoms with Gasteiger partial charge in [-0.2, -0.15) is 0 Å². The van der Waals surface area contributed by atoms with Crippen molar-refractivity contribution in [1.29, 1.82) is 0 Å². The summed E-state index contributed by atoms with van der Waals surface area (Å²) in [6.45, 7) is -0.259. The summed E-state index contributed by atoms with van der Waals surface area (Å²) in [4.78, 5) is 12.2. The van der Waals surface area contributed by atoms with Crippen molar-refractivity contribution in [2.75, 3.05) is 38.0 Å². The number of sulfonamides is 1. The molecule has 3 aromatic rings. The van der Waals surface area contributed by atoms with Gasteiger partial charge in [0.05, 0.1) is 26.2 Å². The van der Waals surface area contributed by atoms with Gasteiger partial charge in [0.1, 0.15) is 11.5 Å². The van der Waals surface area contributed by atoms with Crippen molar-refractivity contribution in [3.05, 3.63) is 66.7 Å². The lowest BCUT2D eigenvalue weighted by atomic mass is 10.2. The van der Waals surface area contributed by atoms with Crippen LogP contribution in [0.1, 0.15) is 0 Å². The number of amides is 1. The number of benzene rings is 3. The van der Waals surface area contributed by atoms with Crippen LogP contribution in [0.5, 0.6) is 23.0 Å². The predicted octanol–water partition coefficient (Wildman–Crippen LogP) is 3.53. The molecule has 2 N–H and O–H groups in total. The van der Waals surface area contributed by atoms with Gasteiger partial charge in [0.25, 0.3) is 15.9 Å². The minimum absolute atomic E-state index is 0.0560. The Hall–Kier alpha value is -3.92. The second-order valence-electron chi connectivity index (χ2n) is 6.71. The highest BCUT2D eigenvalue weighted by Gasteiger charge is 2.15. The molecule has 0 spiro atoms. The zero-order valence-electron chi connectivity index (χ0n) is 18.3. The highest BCUT2D eigenvalue weighted by molar-refractivity contribution is 7.92. The van der Waals surface area contributed by atoms with Crippen molar-refractivity contribution in [3.8, 4) is 23.0 Å². The van der Waals surface area contributed by atoms with Crippen molar-refractivity contribution in [3.63, 3.8) is 0 Å². The first-order chi connectivity index (χ1) is 15.8. The molecule has 174 valence electrons. The fraction of sp³-hybridized carbons (Fsp3) is 0.174. The lowest BCUT2D eigenvalue weighted by Gasteiger charge is -2.12. The topological polar surface area (TPSA) is 112 Å². The molecule has 0 aliphatic rings. The lowest BCUT2D eigenvalue weighted by molar-refractivity contribution is -0.118. The number of anilines is 2. The summed E-state index contributed by atoms with van der Waals surface area (Å²) in [7, 11) is 0.775. The Morgan fingerprint density at radius 1 is 0.758 bits per heavy atom. The van der Waals surface area contributed by atoms with E-state index in [0.717, 1.165) is 0 Å². The number of carbonyl (C=O) groups excluding carboxylic acids is 1. The van der Waals surface area contributed by atoms with E-state index < -0.39 is 10.0 Å². The summed E-state index contributed by atoms with van der Waals surface area (Å²) >= 11 is 0. The number of hydrogen-bond acceptors (Lipinski definition) is 7. The van der Waals surface area contributed by atoms with Crippen LogP contribution < -0.4 is 29.0 Å². The maximum atomic E-state index is 12.6. The quantitative estimate of drug-likeness (QED) is 0.464. The van der Waals surface area contributed by atoms with Gasteiger partial charge in [-0.05, 0) is 60.7 Å². The first-order valence-electron chi connectivity index (χ1n) is 9.76. The molecule has 33 heavy (non-hydrogen) atoms. The smallest absolute Gasteiger partial charge is 0.262 e. The van der Waals surface area contributed by atoms with Crippen LogP contribution in [0.25, 0.3) is 0 Å². The number of carbonyl (C=O) groups is 1. The Morgan fingerprint density at radius 3 is 1.97 bits per heavy atom. The zero-order chi connectivity index (χ0) is 23.8. The molecule has 0 unspecified atom stereocenters. The molecular formula is C23H24N2O7S. The monoisotopic (exact) mass is 472 g/mol. The largest absolute Gasteiger partial charge is 0.497 e. The molecule has 0 radical (unpaired) electrons. The highest BCUT2D eigenvalue weighted by Crippen LogP contribution is 2.29. The molecule has 3 aromatic carbocycles. The van der Waals surface area contributed by atoms with E-state index >= 15 is 0 Å². The minimum Gasteiger partial charge on any atom is -0.497 e. The van der Waals surface area contributed by atoms with Crippen molar-refractivity contribution in [2.24, 2.45) is 0 Å². The average Bonchev–Trinajstić information content (AvgIpc) is 2.83. The minimum atomic E-state index is -3.78. The SMILES string of the molecule is COc1ccc(NS(=O)(=O)c2ccc(OCC(=O)Nc3ccc(OC)c(OC)c3)cc2)cc1. The van der Waals surface area contributed by atoms with Gasteiger partial charge in [-0.15, -0.1) is 0 Å². The number of ether oxygens (including phenoxy) is 4. The second-order valence-corrected chi connectivity index (χ2v) is 8.39. The number of methoxy groups -OCH3 is 3. The maximum Gasteiger partial charge on any atom is 0.262 e. The van der Waals surface area contributed by atoms with Crippen LogP contribution in [-0.4, -0.2) is 42.3 Å². The van der Waals surface area contributed by atoms with Crippen LogP contribution in [0, 0.1) is 0 Å². The van der Waals surface area contributed by atoms with Gasteiger partial charge >= 0.3 is 0 Å². The van der Waals surface area contributed by atoms with Crippen molar-refractivity contribution in [2.45, 2.75) is 4.90 Å². The standard InChI is InChI=1S/C23H24N2O7S/c1-29-18-7-4-16(5-8-18)25-33(27,28)20-11-9-19(10-12-20)32-15-23(26)24-17-6-13-21(30-2)22(14-17)31-3/h4-14,25H,15H2,1-3H3,(H,24,26). The number of hydrogen-bond donors (Lipinski definition) is 2. The normalized spacial score (nSPS) is 10.8. The molecule has 9 nitrogen and oxygen atoms in total. The van der Waals surface area contributed by atoms with Gasteiger partial charge in [-0.25, -0.2) is 8.42 Å². The lowest BCUT2D eigenvalue weighted by Crippen LogP contribution is -2.20. The molecular weight excluding hydrogens is 448 g/mol. The third-order valence-electron chi connectivity index (χ3n) is 4.51. The van der Waals surface area contributed by atoms with Gasteiger partial charge < -0.3 is 24.3 Å². The summed E-state index contributed by atoms with van der Waals surface area (Å²) < 4.78 is 48.5. The Morgan fingerprint density at radius 2 is 1.36 bits per heavy atom. The van der Waals surface area contributed by atoms with Crippen molar-refractivity contribution in [1.82, 2.24) is 0 Å². The summed E-state index contributed by atoms with van der Waals surface area (Å²) in [6.07, 6.45) is 0. The Balaban J connectivity index is 1.57. The van der Waals surface area contributed by atoms with Crippen LogP contribution in [0.3, 0.4) is 0 Å². The van der Waals surface area contributed by atoms with E-state index in [1.165, 1.54) is 45.6 Å². The number of rotatable bonds is 10. The molecule has 0 atom stereocenters. The molecule has 10 heteroatoms. The summed E-state index contributed by atoms with van der Waals surface area (Å²) in [5.41, 5.74) is 0.926. The first kappa shape index (κ1) is 23.7. The van der Waals surface area contributed by atoms with Gasteiger partial charge in [0.15, 0.2) is 18.1 Å². The molecule has 1 amide bonds. The van der Waals surface area contributed by atoms with Gasteiger partial charge in [0.2, 0.25) is 0 Å². The van der Waals surface area contributed by atoms with E-state index in [9.17, 15) is 13.2 Å². The Labute approximate surface area is 192 Å². The molecule has 0 aliphatic carbocycles. The maximum absolute atomic E-state index is 12.6. The fourth-order valence-corrected chi connectivity index (χ4v) is 3.91. The molecule has 0 heterocycles. The molecule has 0 fully saturated rings. The van der Waals surface area contributed by atoms with Crippen molar-refractivity contribution >= 4 is 27.3 Å². The van der Waals surface area contributed by atoms with Crippen LogP contribution in [-0.2, 0) is 14.8 Å². The summed E-state index contributed by atoms with van der Waals surface area (Å²) in [5, 5.41) is 2.69. The van der Waals surface area contributed by atoms with Gasteiger partial charge in [-0.1, -0.05) is 0 Å². The Bertz CT molecular complexity index is 1190. The summed E-state index contributed by atoms with van der Waals surface area (Å²) in [5.74, 6) is 1.61. The fourth-order valence-electron chi connectivity index (χ4n) is 2.85. The molecule has 0 aromatic heterocycles. The molecule has 0 saturated heterocycles. The first-order valence-corrected chi connectivity index (χ1v) is 11.2. The number of nitrogens with one attached hydrogen (secondary N) is 2. The van der Waals surface area contributed by atoms with Crippen LogP contribution >= 0.6 is 0 Å². The van der Waals surface area contributed by atoms with Crippen molar-refractivity contribution < 1.29 is 32.2 Å². The zero-order valence-corrected chi connectivity index (χ0v) is 19.1. The Kier molecular flexibility index (Phi) is 7.62. The second kappa shape index (κ2) is 10.6. The highest BCUT2D eigenvalue weighted by atomic mass is 32.2. The van der Waals surface area contributed by atoms with E-state index in [0.29, 0.717) is 34.4 Å². The molecule has 0 aliphatic heterocycles. The summed E-state index contributed by atoms with van der Waals surface area (Å²) in [6, 6.07) is 17.2. The third kappa shape index (κ3) is 6.30. The predicted molar refractivity (Wildman–Crippen MR) is 124 cm³/mol. The van der Waals surface area contributed by atoms with Gasteiger partial charge in [-0.3, -0.25) is 9.52 Å². The van der Waals surface area contributed by atoms with E-state index in [2.05, 4.69) is 10.0 Å². The van der Waals surface area contributed by atoms with E-state index in [1.54, 1.807) is 42.5 Å². The van der Waals surface area contributed by atoms with Crippen LogP contribution in [0.15, 0.2) is 71.6 Å².